The Labute approximate surface area is 198 Å². The average Bonchev–Trinajstić information content (AvgIpc) is 3.18. The topological polar surface area (TPSA) is 65.6 Å². The molecule has 0 saturated heterocycles. The lowest BCUT2D eigenvalue weighted by molar-refractivity contribution is -0.139. The number of benzene rings is 1. The molecule has 166 valence electrons. The maximum atomic E-state index is 13.6. The Morgan fingerprint density at radius 2 is 1.94 bits per heavy atom. The number of allylic oxidation sites excluding steroid dienone is 1. The van der Waals surface area contributed by atoms with Crippen molar-refractivity contribution in [2.24, 2.45) is 12.0 Å². The van der Waals surface area contributed by atoms with E-state index in [0.717, 1.165) is 27.0 Å². The lowest BCUT2D eigenvalue weighted by atomic mass is 9.96. The second kappa shape index (κ2) is 8.67. The number of fused-ring (bicyclic) bond motifs is 1. The molecule has 0 fully saturated rings. The Bertz CT molecular complexity index is 1420. The van der Waals surface area contributed by atoms with E-state index in [4.69, 9.17) is 4.74 Å². The van der Waals surface area contributed by atoms with Gasteiger partial charge in [-0.3, -0.25) is 9.36 Å². The summed E-state index contributed by atoms with van der Waals surface area (Å²) in [5, 5.41) is 0. The van der Waals surface area contributed by atoms with E-state index in [9.17, 15) is 9.59 Å². The summed E-state index contributed by atoms with van der Waals surface area (Å²) in [6.07, 6.45) is 1.91. The van der Waals surface area contributed by atoms with Gasteiger partial charge in [-0.1, -0.05) is 39.4 Å². The Morgan fingerprint density at radius 3 is 2.53 bits per heavy atom. The molecule has 1 aromatic carbocycles. The van der Waals surface area contributed by atoms with Crippen molar-refractivity contribution in [2.75, 3.05) is 6.61 Å². The standard InChI is InChI=1S/C24H24BrN3O3S/c1-6-31-23(30)20-14(3)26-24-28(21(20)16-7-9-18(25)10-8-16)22(29)19(32-24)12-17-11-13(2)27(5)15(17)4/h7-12,21H,6H2,1-5H3/b19-12-. The summed E-state index contributed by atoms with van der Waals surface area (Å²) in [5.41, 5.74) is 4.81. The molecule has 0 amide bonds. The number of hydrogen-bond acceptors (Lipinski definition) is 5. The van der Waals surface area contributed by atoms with Gasteiger partial charge >= 0.3 is 5.97 Å². The summed E-state index contributed by atoms with van der Waals surface area (Å²) in [5.74, 6) is -0.453. The predicted molar refractivity (Wildman–Crippen MR) is 129 cm³/mol. The van der Waals surface area contributed by atoms with Gasteiger partial charge in [-0.15, -0.1) is 0 Å². The van der Waals surface area contributed by atoms with Crippen LogP contribution in [0.5, 0.6) is 0 Å². The van der Waals surface area contributed by atoms with Gasteiger partial charge in [0.25, 0.3) is 5.56 Å². The summed E-state index contributed by atoms with van der Waals surface area (Å²) < 4.78 is 10.5. The fraction of sp³-hybridized carbons (Fsp3) is 0.292. The molecule has 1 atom stereocenters. The number of hydrogen-bond donors (Lipinski definition) is 0. The Balaban J connectivity index is 1.97. The molecule has 1 aliphatic heterocycles. The molecule has 0 radical (unpaired) electrons. The van der Waals surface area contributed by atoms with Crippen LogP contribution < -0.4 is 14.9 Å². The van der Waals surface area contributed by atoms with Gasteiger partial charge in [-0.05, 0) is 63.1 Å². The van der Waals surface area contributed by atoms with Gasteiger partial charge < -0.3 is 9.30 Å². The zero-order valence-electron chi connectivity index (χ0n) is 18.6. The molecule has 3 heterocycles. The average molecular weight is 514 g/mol. The van der Waals surface area contributed by atoms with Crippen LogP contribution in [0, 0.1) is 13.8 Å². The SMILES string of the molecule is CCOC(=O)C1=C(C)N=c2s/c(=C\c3cc(C)n(C)c3C)c(=O)n2C1c1ccc(Br)cc1. The molecule has 0 aliphatic carbocycles. The number of aryl methyl sites for hydroxylation is 1. The predicted octanol–water partition coefficient (Wildman–Crippen LogP) is 3.52. The molecule has 3 aromatic rings. The van der Waals surface area contributed by atoms with Crippen molar-refractivity contribution in [3.05, 3.63) is 88.3 Å². The molecule has 0 spiro atoms. The fourth-order valence-electron chi connectivity index (χ4n) is 3.92. The maximum Gasteiger partial charge on any atom is 0.338 e. The van der Waals surface area contributed by atoms with Crippen LogP contribution in [0.2, 0.25) is 0 Å². The third-order valence-corrected chi connectivity index (χ3v) is 7.32. The van der Waals surface area contributed by atoms with Gasteiger partial charge in [0.2, 0.25) is 0 Å². The molecule has 32 heavy (non-hydrogen) atoms. The third kappa shape index (κ3) is 3.82. The van der Waals surface area contributed by atoms with Crippen LogP contribution in [0.4, 0.5) is 0 Å². The number of nitrogens with zero attached hydrogens (tertiary/aromatic N) is 3. The highest BCUT2D eigenvalue weighted by Gasteiger charge is 2.33. The molecule has 0 saturated carbocycles. The van der Waals surface area contributed by atoms with Gasteiger partial charge in [0.1, 0.15) is 0 Å². The summed E-state index contributed by atoms with van der Waals surface area (Å²) >= 11 is 4.79. The van der Waals surface area contributed by atoms with Gasteiger partial charge in [0, 0.05) is 22.9 Å². The van der Waals surface area contributed by atoms with E-state index in [-0.39, 0.29) is 12.2 Å². The fourth-order valence-corrected chi connectivity index (χ4v) is 5.23. The maximum absolute atomic E-state index is 13.6. The van der Waals surface area contributed by atoms with Gasteiger partial charge in [-0.25, -0.2) is 9.79 Å². The zero-order valence-corrected chi connectivity index (χ0v) is 21.0. The number of esters is 1. The molecule has 2 aromatic heterocycles. The second-order valence-electron chi connectivity index (χ2n) is 7.74. The van der Waals surface area contributed by atoms with Gasteiger partial charge in [-0.2, -0.15) is 0 Å². The molecule has 6 nitrogen and oxygen atoms in total. The molecular formula is C24H24BrN3O3S. The van der Waals surface area contributed by atoms with E-state index in [1.54, 1.807) is 18.4 Å². The third-order valence-electron chi connectivity index (χ3n) is 5.80. The van der Waals surface area contributed by atoms with Crippen LogP contribution >= 0.6 is 27.3 Å². The van der Waals surface area contributed by atoms with Crippen LogP contribution in [0.3, 0.4) is 0 Å². The molecule has 0 bridgehead atoms. The number of thiazole rings is 1. The lowest BCUT2D eigenvalue weighted by Gasteiger charge is -2.24. The molecule has 0 N–H and O–H groups in total. The van der Waals surface area contributed by atoms with Crippen LogP contribution in [0.25, 0.3) is 6.08 Å². The first kappa shape index (κ1) is 22.5. The van der Waals surface area contributed by atoms with E-state index in [1.165, 1.54) is 11.3 Å². The van der Waals surface area contributed by atoms with Gasteiger partial charge in [0.15, 0.2) is 4.80 Å². The van der Waals surface area contributed by atoms with Crippen LogP contribution in [-0.4, -0.2) is 21.7 Å². The van der Waals surface area contributed by atoms with Gasteiger partial charge in [0.05, 0.1) is 28.5 Å². The molecule has 4 rings (SSSR count). The number of carbonyl (C=O) groups excluding carboxylic acids is 1. The smallest absolute Gasteiger partial charge is 0.338 e. The summed E-state index contributed by atoms with van der Waals surface area (Å²) in [6, 6.07) is 9.09. The highest BCUT2D eigenvalue weighted by atomic mass is 79.9. The van der Waals surface area contributed by atoms with E-state index < -0.39 is 12.0 Å². The van der Waals surface area contributed by atoms with Crippen molar-refractivity contribution in [2.45, 2.75) is 33.7 Å². The Morgan fingerprint density at radius 1 is 1.25 bits per heavy atom. The second-order valence-corrected chi connectivity index (χ2v) is 9.66. The number of carbonyl (C=O) groups is 1. The van der Waals surface area contributed by atoms with Crippen LogP contribution in [0.1, 0.15) is 42.4 Å². The minimum Gasteiger partial charge on any atom is -0.463 e. The van der Waals surface area contributed by atoms with Crippen molar-refractivity contribution in [3.8, 4) is 0 Å². The van der Waals surface area contributed by atoms with E-state index in [0.29, 0.717) is 20.6 Å². The van der Waals surface area contributed by atoms with Crippen molar-refractivity contribution < 1.29 is 9.53 Å². The first-order chi connectivity index (χ1) is 15.2. The minimum atomic E-state index is -0.598. The molecule has 1 aliphatic rings. The molecule has 1 unspecified atom stereocenters. The van der Waals surface area contributed by atoms with Crippen molar-refractivity contribution in [1.82, 2.24) is 9.13 Å². The molecule has 8 heteroatoms. The number of ether oxygens (including phenoxy) is 1. The quantitative estimate of drug-likeness (QED) is 0.501. The lowest BCUT2D eigenvalue weighted by Crippen LogP contribution is -2.39. The normalized spacial score (nSPS) is 16.2. The van der Waals surface area contributed by atoms with Crippen LogP contribution in [0.15, 0.2) is 55.9 Å². The number of rotatable bonds is 4. The van der Waals surface area contributed by atoms with E-state index in [2.05, 4.69) is 31.6 Å². The zero-order chi connectivity index (χ0) is 23.2. The monoisotopic (exact) mass is 513 g/mol. The van der Waals surface area contributed by atoms with E-state index >= 15 is 0 Å². The minimum absolute atomic E-state index is 0.170. The Hall–Kier alpha value is -2.71. The first-order valence-corrected chi connectivity index (χ1v) is 11.9. The largest absolute Gasteiger partial charge is 0.463 e. The molecular weight excluding hydrogens is 490 g/mol. The summed E-state index contributed by atoms with van der Waals surface area (Å²) in [4.78, 5) is 31.7. The Kier molecular flexibility index (Phi) is 6.09. The number of halogens is 1. The summed E-state index contributed by atoms with van der Waals surface area (Å²) in [6.45, 7) is 7.87. The highest BCUT2D eigenvalue weighted by molar-refractivity contribution is 9.10. The van der Waals surface area contributed by atoms with Crippen LogP contribution in [-0.2, 0) is 16.6 Å². The van der Waals surface area contributed by atoms with Crippen molar-refractivity contribution in [3.63, 3.8) is 0 Å². The number of aromatic nitrogens is 2. The summed E-state index contributed by atoms with van der Waals surface area (Å²) in [7, 11) is 2.01. The first-order valence-electron chi connectivity index (χ1n) is 10.3. The van der Waals surface area contributed by atoms with Crippen molar-refractivity contribution >= 4 is 39.3 Å². The highest BCUT2D eigenvalue weighted by Crippen LogP contribution is 2.31. The van der Waals surface area contributed by atoms with Crippen molar-refractivity contribution in [1.29, 1.82) is 0 Å². The van der Waals surface area contributed by atoms with E-state index in [1.807, 2.05) is 51.2 Å².